The van der Waals surface area contributed by atoms with E-state index in [1.807, 2.05) is 0 Å². The first-order chi connectivity index (χ1) is 7.18. The minimum absolute atomic E-state index is 0.0404. The molecule has 84 valence electrons. The first-order valence-corrected chi connectivity index (χ1v) is 5.35. The van der Waals surface area contributed by atoms with Crippen LogP contribution >= 0.6 is 0 Å². The predicted molar refractivity (Wildman–Crippen MR) is 55.5 cm³/mol. The fraction of sp³-hybridized carbons (Fsp3) is 0.800. The smallest absolute Gasteiger partial charge is 0.315 e. The number of carbonyl (C=O) groups excluding carboxylic acids is 2. The van der Waals surface area contributed by atoms with Gasteiger partial charge in [-0.1, -0.05) is 0 Å². The molecule has 3 N–H and O–H groups in total. The Kier molecular flexibility index (Phi) is 2.42. The maximum absolute atomic E-state index is 11.4. The number of hydrogen-bond acceptors (Lipinski definition) is 3. The van der Waals surface area contributed by atoms with Crippen LogP contribution in [0.25, 0.3) is 0 Å². The number of hydrogen-bond donors (Lipinski definition) is 3. The maximum Gasteiger partial charge on any atom is 0.315 e. The molecule has 0 aromatic carbocycles. The van der Waals surface area contributed by atoms with Crippen molar-refractivity contribution in [2.75, 3.05) is 20.1 Å². The van der Waals surface area contributed by atoms with E-state index in [0.29, 0.717) is 0 Å². The zero-order valence-electron chi connectivity index (χ0n) is 8.93. The lowest BCUT2D eigenvalue weighted by Gasteiger charge is -2.49. The third-order valence-corrected chi connectivity index (χ3v) is 3.86. The van der Waals surface area contributed by atoms with Crippen LogP contribution in [0.3, 0.4) is 0 Å². The van der Waals surface area contributed by atoms with Crippen LogP contribution < -0.4 is 16.0 Å². The molecule has 1 spiro atoms. The SMILES string of the molecule is CNC(=O)NC1(C=O)CCCC12CNC2. The summed E-state index contributed by atoms with van der Waals surface area (Å²) in [6, 6.07) is -0.268. The second-order valence-corrected chi connectivity index (χ2v) is 4.53. The van der Waals surface area contributed by atoms with Gasteiger partial charge in [-0.3, -0.25) is 0 Å². The molecule has 1 aliphatic carbocycles. The Bertz CT molecular complexity index is 288. The van der Waals surface area contributed by atoms with Gasteiger partial charge in [0.1, 0.15) is 11.8 Å². The molecule has 1 heterocycles. The van der Waals surface area contributed by atoms with E-state index in [2.05, 4.69) is 16.0 Å². The van der Waals surface area contributed by atoms with Crippen molar-refractivity contribution < 1.29 is 9.59 Å². The van der Waals surface area contributed by atoms with Crippen LogP contribution in [0.2, 0.25) is 0 Å². The highest BCUT2D eigenvalue weighted by molar-refractivity contribution is 5.81. The van der Waals surface area contributed by atoms with E-state index in [4.69, 9.17) is 0 Å². The van der Waals surface area contributed by atoms with Crippen LogP contribution in [0, 0.1) is 5.41 Å². The van der Waals surface area contributed by atoms with Gasteiger partial charge in [0.2, 0.25) is 0 Å². The quantitative estimate of drug-likeness (QED) is 0.546. The van der Waals surface area contributed by atoms with Gasteiger partial charge in [0.15, 0.2) is 0 Å². The van der Waals surface area contributed by atoms with E-state index in [1.165, 1.54) is 0 Å². The molecule has 2 fully saturated rings. The molecule has 1 unspecified atom stereocenters. The Morgan fingerprint density at radius 1 is 1.40 bits per heavy atom. The molecule has 2 rings (SSSR count). The van der Waals surface area contributed by atoms with E-state index in [0.717, 1.165) is 38.6 Å². The van der Waals surface area contributed by atoms with E-state index < -0.39 is 5.54 Å². The van der Waals surface area contributed by atoms with Crippen molar-refractivity contribution in [2.45, 2.75) is 24.8 Å². The average molecular weight is 211 g/mol. The molecular formula is C10H17N3O2. The molecular weight excluding hydrogens is 194 g/mol. The highest BCUT2D eigenvalue weighted by Crippen LogP contribution is 2.48. The summed E-state index contributed by atoms with van der Waals surface area (Å²) in [4.78, 5) is 22.7. The molecule has 1 saturated carbocycles. The van der Waals surface area contributed by atoms with Crippen LogP contribution in [0.4, 0.5) is 4.79 Å². The third-order valence-electron chi connectivity index (χ3n) is 3.86. The largest absolute Gasteiger partial charge is 0.341 e. The molecule has 1 saturated heterocycles. The second-order valence-electron chi connectivity index (χ2n) is 4.53. The van der Waals surface area contributed by atoms with Crippen LogP contribution in [0.5, 0.6) is 0 Å². The van der Waals surface area contributed by atoms with Crippen molar-refractivity contribution in [3.63, 3.8) is 0 Å². The molecule has 5 nitrogen and oxygen atoms in total. The summed E-state index contributed by atoms with van der Waals surface area (Å²) in [6.07, 6.45) is 3.70. The Morgan fingerprint density at radius 2 is 2.13 bits per heavy atom. The lowest BCUT2D eigenvalue weighted by molar-refractivity contribution is -0.118. The lowest BCUT2D eigenvalue weighted by atomic mass is 9.68. The summed E-state index contributed by atoms with van der Waals surface area (Å²) >= 11 is 0. The van der Waals surface area contributed by atoms with Gasteiger partial charge in [0.25, 0.3) is 0 Å². The van der Waals surface area contributed by atoms with Crippen LogP contribution in [0.15, 0.2) is 0 Å². The monoisotopic (exact) mass is 211 g/mol. The van der Waals surface area contributed by atoms with Gasteiger partial charge < -0.3 is 20.7 Å². The molecule has 5 heteroatoms. The summed E-state index contributed by atoms with van der Waals surface area (Å²) in [7, 11) is 1.56. The highest BCUT2D eigenvalue weighted by Gasteiger charge is 2.58. The summed E-state index contributed by atoms with van der Waals surface area (Å²) in [5, 5.41) is 8.53. The van der Waals surface area contributed by atoms with Crippen molar-refractivity contribution in [3.05, 3.63) is 0 Å². The molecule has 2 amide bonds. The van der Waals surface area contributed by atoms with E-state index >= 15 is 0 Å². The lowest BCUT2D eigenvalue weighted by Crippen LogP contribution is -2.70. The predicted octanol–water partition coefficient (Wildman–Crippen LogP) is -0.373. The summed E-state index contributed by atoms with van der Waals surface area (Å²) in [6.45, 7) is 1.66. The van der Waals surface area contributed by atoms with Crippen LogP contribution in [0.1, 0.15) is 19.3 Å². The van der Waals surface area contributed by atoms with Crippen LogP contribution in [-0.4, -0.2) is 38.0 Å². The second kappa shape index (κ2) is 3.48. The van der Waals surface area contributed by atoms with Crippen molar-refractivity contribution in [3.8, 4) is 0 Å². The van der Waals surface area contributed by atoms with Crippen molar-refractivity contribution in [1.29, 1.82) is 0 Å². The number of carbonyl (C=O) groups is 2. The standard InChI is InChI=1S/C10H17N3O2/c1-11-8(15)13-10(7-14)4-2-3-9(10)5-12-6-9/h7,12H,2-6H2,1H3,(H2,11,13,15). The van der Waals surface area contributed by atoms with Gasteiger partial charge in [-0.05, 0) is 19.3 Å². The molecule has 0 bridgehead atoms. The molecule has 0 radical (unpaired) electrons. The minimum atomic E-state index is -0.654. The molecule has 1 aliphatic heterocycles. The van der Waals surface area contributed by atoms with E-state index in [1.54, 1.807) is 7.05 Å². The Labute approximate surface area is 89.0 Å². The van der Waals surface area contributed by atoms with Crippen molar-refractivity contribution in [1.82, 2.24) is 16.0 Å². The van der Waals surface area contributed by atoms with E-state index in [-0.39, 0.29) is 11.4 Å². The first kappa shape index (κ1) is 10.4. The fourth-order valence-electron chi connectivity index (χ4n) is 2.79. The summed E-state index contributed by atoms with van der Waals surface area (Å²) in [5.74, 6) is 0. The van der Waals surface area contributed by atoms with Gasteiger partial charge in [-0.2, -0.15) is 0 Å². The van der Waals surface area contributed by atoms with Crippen molar-refractivity contribution >= 4 is 12.3 Å². The van der Waals surface area contributed by atoms with Gasteiger partial charge in [-0.25, -0.2) is 4.79 Å². The number of urea groups is 1. The Morgan fingerprint density at radius 3 is 2.60 bits per heavy atom. The number of aldehydes is 1. The molecule has 15 heavy (non-hydrogen) atoms. The Hall–Kier alpha value is -1.10. The van der Waals surface area contributed by atoms with Gasteiger partial charge in [-0.15, -0.1) is 0 Å². The number of nitrogens with one attached hydrogen (secondary N) is 3. The third kappa shape index (κ3) is 1.33. The molecule has 1 atom stereocenters. The maximum atomic E-state index is 11.4. The zero-order valence-corrected chi connectivity index (χ0v) is 8.93. The fourth-order valence-corrected chi connectivity index (χ4v) is 2.79. The average Bonchev–Trinajstić information content (AvgIpc) is 2.57. The Balaban J connectivity index is 2.19. The van der Waals surface area contributed by atoms with Crippen LogP contribution in [-0.2, 0) is 4.79 Å². The van der Waals surface area contributed by atoms with Gasteiger partial charge in [0, 0.05) is 25.6 Å². The van der Waals surface area contributed by atoms with Crippen molar-refractivity contribution in [2.24, 2.45) is 5.41 Å². The number of amides is 2. The first-order valence-electron chi connectivity index (χ1n) is 5.35. The molecule has 0 aromatic heterocycles. The summed E-state index contributed by atoms with van der Waals surface area (Å²) in [5.41, 5.74) is -0.695. The normalized spacial score (nSPS) is 32.1. The number of rotatable bonds is 2. The highest BCUT2D eigenvalue weighted by atomic mass is 16.2. The van der Waals surface area contributed by atoms with Gasteiger partial charge in [0.05, 0.1) is 0 Å². The zero-order chi connectivity index (χ0) is 10.9. The minimum Gasteiger partial charge on any atom is -0.341 e. The molecule has 2 aliphatic rings. The van der Waals surface area contributed by atoms with E-state index in [9.17, 15) is 9.59 Å². The van der Waals surface area contributed by atoms with Gasteiger partial charge >= 0.3 is 6.03 Å². The topological polar surface area (TPSA) is 70.2 Å². The summed E-state index contributed by atoms with van der Waals surface area (Å²) < 4.78 is 0. The molecule has 0 aromatic rings.